The van der Waals surface area contributed by atoms with Crippen LogP contribution in [0.15, 0.2) is 12.3 Å². The van der Waals surface area contributed by atoms with Crippen LogP contribution in [0.1, 0.15) is 26.7 Å². The van der Waals surface area contributed by atoms with Gasteiger partial charge in [-0.05, 0) is 18.3 Å². The monoisotopic (exact) mass is 166 g/mol. The first kappa shape index (κ1) is 7.84. The second-order valence-electron chi connectivity index (χ2n) is 4.10. The van der Waals surface area contributed by atoms with Crippen molar-refractivity contribution in [3.05, 3.63) is 12.3 Å². The molecule has 2 rings (SSSR count). The number of rotatable bonds is 0. The fourth-order valence-electron chi connectivity index (χ4n) is 2.30. The van der Waals surface area contributed by atoms with Crippen LogP contribution in [0.3, 0.4) is 0 Å². The van der Waals surface area contributed by atoms with E-state index in [1.807, 2.05) is 0 Å². The summed E-state index contributed by atoms with van der Waals surface area (Å²) in [4.78, 5) is 11.2. The van der Waals surface area contributed by atoms with E-state index in [4.69, 9.17) is 4.74 Å². The molecule has 2 heteroatoms. The Morgan fingerprint density at radius 3 is 2.83 bits per heavy atom. The number of carbonyl (C=O) groups is 1. The van der Waals surface area contributed by atoms with Gasteiger partial charge >= 0.3 is 0 Å². The Hall–Kier alpha value is -0.790. The lowest BCUT2D eigenvalue weighted by Gasteiger charge is -2.52. The van der Waals surface area contributed by atoms with Gasteiger partial charge in [0.15, 0.2) is 5.78 Å². The lowest BCUT2D eigenvalue weighted by molar-refractivity contribution is -0.155. The third kappa shape index (κ3) is 0.904. The lowest BCUT2D eigenvalue weighted by Crippen LogP contribution is -2.54. The second kappa shape index (κ2) is 2.35. The second-order valence-corrected chi connectivity index (χ2v) is 4.10. The van der Waals surface area contributed by atoms with Crippen LogP contribution in [0.4, 0.5) is 0 Å². The van der Waals surface area contributed by atoms with Gasteiger partial charge in [0.25, 0.3) is 0 Å². The van der Waals surface area contributed by atoms with Gasteiger partial charge in [0, 0.05) is 6.08 Å². The van der Waals surface area contributed by atoms with Gasteiger partial charge in [-0.15, -0.1) is 0 Å². The van der Waals surface area contributed by atoms with Crippen molar-refractivity contribution in [2.75, 3.05) is 0 Å². The Morgan fingerprint density at radius 2 is 2.33 bits per heavy atom. The summed E-state index contributed by atoms with van der Waals surface area (Å²) in [5.74, 6) is 1.43. The highest BCUT2D eigenvalue weighted by Crippen LogP contribution is 2.49. The molecule has 3 unspecified atom stereocenters. The first-order valence-corrected chi connectivity index (χ1v) is 4.51. The SMILES string of the molecule is CC1CC2(CC(=O)C=CO2)C1C. The topological polar surface area (TPSA) is 26.3 Å². The van der Waals surface area contributed by atoms with E-state index in [1.54, 1.807) is 6.26 Å². The molecule has 0 N–H and O–H groups in total. The number of carbonyl (C=O) groups excluding carboxylic acids is 1. The molecule has 1 fully saturated rings. The minimum atomic E-state index is -0.134. The molecule has 2 aliphatic rings. The summed E-state index contributed by atoms with van der Waals surface area (Å²) in [7, 11) is 0. The number of ether oxygens (including phenoxy) is 1. The first-order chi connectivity index (χ1) is 5.64. The molecule has 0 aromatic carbocycles. The van der Waals surface area contributed by atoms with Crippen LogP contribution in [0.25, 0.3) is 0 Å². The van der Waals surface area contributed by atoms with Crippen LogP contribution in [0.2, 0.25) is 0 Å². The molecule has 0 bridgehead atoms. The zero-order valence-corrected chi connectivity index (χ0v) is 7.54. The van der Waals surface area contributed by atoms with Gasteiger partial charge in [-0.25, -0.2) is 0 Å². The summed E-state index contributed by atoms with van der Waals surface area (Å²) in [6.07, 6.45) is 4.70. The Labute approximate surface area is 72.6 Å². The van der Waals surface area contributed by atoms with Crippen molar-refractivity contribution in [3.63, 3.8) is 0 Å². The Kier molecular flexibility index (Phi) is 1.53. The molecular weight excluding hydrogens is 152 g/mol. The van der Waals surface area contributed by atoms with Gasteiger partial charge in [-0.2, -0.15) is 0 Å². The van der Waals surface area contributed by atoms with E-state index in [0.29, 0.717) is 18.3 Å². The quantitative estimate of drug-likeness (QED) is 0.549. The number of hydrogen-bond acceptors (Lipinski definition) is 2. The van der Waals surface area contributed by atoms with Gasteiger partial charge in [-0.3, -0.25) is 4.79 Å². The van der Waals surface area contributed by atoms with Crippen LogP contribution < -0.4 is 0 Å². The summed E-state index contributed by atoms with van der Waals surface area (Å²) in [5.41, 5.74) is -0.134. The summed E-state index contributed by atoms with van der Waals surface area (Å²) in [6.45, 7) is 4.38. The van der Waals surface area contributed by atoms with Gasteiger partial charge in [0.05, 0.1) is 12.7 Å². The van der Waals surface area contributed by atoms with Crippen molar-refractivity contribution in [2.45, 2.75) is 32.3 Å². The highest BCUT2D eigenvalue weighted by atomic mass is 16.5. The molecule has 3 atom stereocenters. The highest BCUT2D eigenvalue weighted by molar-refractivity contribution is 5.91. The molecule has 66 valence electrons. The molecule has 0 radical (unpaired) electrons. The standard InChI is InChI=1S/C10H14O2/c1-7-5-10(8(7)2)6-9(11)3-4-12-10/h3-4,7-8H,5-6H2,1-2H3. The van der Waals surface area contributed by atoms with E-state index in [0.717, 1.165) is 6.42 Å². The molecule has 1 spiro atoms. The predicted molar refractivity (Wildman–Crippen MR) is 45.5 cm³/mol. The minimum Gasteiger partial charge on any atom is -0.494 e. The molecular formula is C10H14O2. The van der Waals surface area contributed by atoms with Crippen molar-refractivity contribution < 1.29 is 9.53 Å². The average Bonchev–Trinajstić information content (AvgIpc) is 2.04. The Balaban J connectivity index is 2.15. The molecule has 0 aromatic rings. The van der Waals surface area contributed by atoms with E-state index >= 15 is 0 Å². The average molecular weight is 166 g/mol. The Bertz CT molecular complexity index is 244. The maximum absolute atomic E-state index is 11.2. The molecule has 1 saturated carbocycles. The first-order valence-electron chi connectivity index (χ1n) is 4.51. The van der Waals surface area contributed by atoms with Crippen LogP contribution in [-0.4, -0.2) is 11.4 Å². The van der Waals surface area contributed by atoms with Crippen LogP contribution in [0, 0.1) is 11.8 Å². The van der Waals surface area contributed by atoms with Gasteiger partial charge in [-0.1, -0.05) is 13.8 Å². The summed E-state index contributed by atoms with van der Waals surface area (Å²) >= 11 is 0. The molecule has 0 amide bonds. The molecule has 1 aliphatic carbocycles. The maximum Gasteiger partial charge on any atom is 0.162 e. The molecule has 2 nitrogen and oxygen atoms in total. The lowest BCUT2D eigenvalue weighted by atomic mass is 9.60. The summed E-state index contributed by atoms with van der Waals surface area (Å²) < 4.78 is 5.55. The predicted octanol–water partition coefficient (Wildman–Crippen LogP) is 1.90. The van der Waals surface area contributed by atoms with Crippen LogP contribution in [0.5, 0.6) is 0 Å². The van der Waals surface area contributed by atoms with Crippen molar-refractivity contribution in [2.24, 2.45) is 11.8 Å². The fourth-order valence-corrected chi connectivity index (χ4v) is 2.30. The largest absolute Gasteiger partial charge is 0.494 e. The zero-order valence-electron chi connectivity index (χ0n) is 7.54. The van der Waals surface area contributed by atoms with E-state index in [-0.39, 0.29) is 11.4 Å². The normalized spacial score (nSPS) is 45.7. The third-order valence-electron chi connectivity index (χ3n) is 3.38. The molecule has 12 heavy (non-hydrogen) atoms. The highest BCUT2D eigenvalue weighted by Gasteiger charge is 2.52. The molecule has 1 heterocycles. The van der Waals surface area contributed by atoms with E-state index in [1.165, 1.54) is 6.08 Å². The van der Waals surface area contributed by atoms with E-state index in [2.05, 4.69) is 13.8 Å². The molecule has 0 saturated heterocycles. The molecule has 0 aromatic heterocycles. The van der Waals surface area contributed by atoms with E-state index in [9.17, 15) is 4.79 Å². The minimum absolute atomic E-state index is 0.134. The van der Waals surface area contributed by atoms with Crippen molar-refractivity contribution in [3.8, 4) is 0 Å². The number of allylic oxidation sites excluding steroid dienone is 1. The third-order valence-corrected chi connectivity index (χ3v) is 3.38. The van der Waals surface area contributed by atoms with Crippen LogP contribution >= 0.6 is 0 Å². The number of hydrogen-bond donors (Lipinski definition) is 0. The van der Waals surface area contributed by atoms with Gasteiger partial charge in [0.2, 0.25) is 0 Å². The maximum atomic E-state index is 11.2. The Morgan fingerprint density at radius 1 is 1.58 bits per heavy atom. The van der Waals surface area contributed by atoms with Crippen molar-refractivity contribution in [1.82, 2.24) is 0 Å². The van der Waals surface area contributed by atoms with Gasteiger partial charge in [0.1, 0.15) is 5.60 Å². The fraction of sp³-hybridized carbons (Fsp3) is 0.700. The zero-order chi connectivity index (χ0) is 8.77. The van der Waals surface area contributed by atoms with Gasteiger partial charge < -0.3 is 4.74 Å². The van der Waals surface area contributed by atoms with Crippen molar-refractivity contribution >= 4 is 5.78 Å². The molecule has 1 aliphatic heterocycles. The van der Waals surface area contributed by atoms with Crippen molar-refractivity contribution in [1.29, 1.82) is 0 Å². The summed E-state index contributed by atoms with van der Waals surface area (Å²) in [5, 5.41) is 0. The van der Waals surface area contributed by atoms with E-state index < -0.39 is 0 Å². The van der Waals surface area contributed by atoms with Crippen LogP contribution in [-0.2, 0) is 9.53 Å². The number of ketones is 1. The summed E-state index contributed by atoms with van der Waals surface area (Å²) in [6, 6.07) is 0. The smallest absolute Gasteiger partial charge is 0.162 e.